The summed E-state index contributed by atoms with van der Waals surface area (Å²) in [5.41, 5.74) is 6.77. The lowest BCUT2D eigenvalue weighted by Crippen LogP contribution is -2.40. The summed E-state index contributed by atoms with van der Waals surface area (Å²) in [5.74, 6) is 0.611. The highest BCUT2D eigenvalue weighted by Crippen LogP contribution is 2.29. The maximum Gasteiger partial charge on any atom is 0.257 e. The summed E-state index contributed by atoms with van der Waals surface area (Å²) in [6.07, 6.45) is 4.57. The third-order valence-corrected chi connectivity index (χ3v) is 4.35. The van der Waals surface area contributed by atoms with Crippen molar-refractivity contribution in [1.29, 1.82) is 0 Å². The minimum atomic E-state index is -0.0674. The summed E-state index contributed by atoms with van der Waals surface area (Å²) in [6, 6.07) is 5.49. The molecule has 1 amide bonds. The van der Waals surface area contributed by atoms with Gasteiger partial charge in [0, 0.05) is 18.8 Å². The van der Waals surface area contributed by atoms with E-state index in [0.29, 0.717) is 28.2 Å². The molecule has 2 N–H and O–H groups in total. The summed E-state index contributed by atoms with van der Waals surface area (Å²) in [5, 5.41) is 0.431. The van der Waals surface area contributed by atoms with Gasteiger partial charge in [-0.1, -0.05) is 37.4 Å². The van der Waals surface area contributed by atoms with E-state index in [-0.39, 0.29) is 5.91 Å². The molecule has 19 heavy (non-hydrogen) atoms. The Morgan fingerprint density at radius 2 is 2.16 bits per heavy atom. The summed E-state index contributed by atoms with van der Waals surface area (Å²) in [7, 11) is 1.85. The van der Waals surface area contributed by atoms with Crippen LogP contribution in [0.3, 0.4) is 0 Å². The Kier molecular flexibility index (Phi) is 4.35. The Morgan fingerprint density at radius 1 is 1.42 bits per heavy atom. The van der Waals surface area contributed by atoms with Gasteiger partial charge in [-0.15, -0.1) is 0 Å². The minimum Gasteiger partial charge on any atom is -0.398 e. The zero-order valence-electron chi connectivity index (χ0n) is 11.5. The first-order chi connectivity index (χ1) is 9.00. The molecule has 3 nitrogen and oxygen atoms in total. The molecule has 0 aromatic heterocycles. The molecule has 104 valence electrons. The fourth-order valence-corrected chi connectivity index (χ4v) is 3.13. The standard InChI is InChI=1S/C15H21ClN2O/c1-10-5-3-6-11(9-10)18(2)15(19)14-12(16)7-4-8-13(14)17/h4,7-8,10-11H,3,5-6,9,17H2,1-2H3. The molecule has 1 fully saturated rings. The van der Waals surface area contributed by atoms with E-state index in [2.05, 4.69) is 6.92 Å². The van der Waals surface area contributed by atoms with Crippen molar-refractivity contribution in [2.75, 3.05) is 12.8 Å². The number of amides is 1. The molecule has 0 bridgehead atoms. The van der Waals surface area contributed by atoms with Gasteiger partial charge in [-0.2, -0.15) is 0 Å². The van der Waals surface area contributed by atoms with Crippen molar-refractivity contribution < 1.29 is 4.79 Å². The van der Waals surface area contributed by atoms with Crippen LogP contribution in [-0.4, -0.2) is 23.9 Å². The molecule has 0 aliphatic heterocycles. The summed E-state index contributed by atoms with van der Waals surface area (Å²) in [4.78, 5) is 14.4. The second-order valence-corrected chi connectivity index (χ2v) is 5.95. The summed E-state index contributed by atoms with van der Waals surface area (Å²) in [6.45, 7) is 2.24. The highest BCUT2D eigenvalue weighted by molar-refractivity contribution is 6.34. The highest BCUT2D eigenvalue weighted by Gasteiger charge is 2.27. The van der Waals surface area contributed by atoms with Crippen LogP contribution in [0.25, 0.3) is 0 Å². The fourth-order valence-electron chi connectivity index (χ4n) is 2.86. The molecule has 2 rings (SSSR count). The third kappa shape index (κ3) is 3.03. The SMILES string of the molecule is CC1CCCC(N(C)C(=O)c2c(N)cccc2Cl)C1. The lowest BCUT2D eigenvalue weighted by molar-refractivity contribution is 0.0673. The van der Waals surface area contributed by atoms with Gasteiger partial charge in [0.15, 0.2) is 0 Å². The van der Waals surface area contributed by atoms with Crippen LogP contribution in [0.15, 0.2) is 18.2 Å². The zero-order valence-corrected chi connectivity index (χ0v) is 12.3. The van der Waals surface area contributed by atoms with E-state index in [9.17, 15) is 4.79 Å². The molecule has 0 radical (unpaired) electrons. The summed E-state index contributed by atoms with van der Waals surface area (Å²) >= 11 is 6.11. The van der Waals surface area contributed by atoms with Gasteiger partial charge in [0.25, 0.3) is 5.91 Å². The van der Waals surface area contributed by atoms with Gasteiger partial charge in [-0.05, 0) is 30.9 Å². The molecule has 0 heterocycles. The average Bonchev–Trinajstić information content (AvgIpc) is 2.37. The maximum atomic E-state index is 12.6. The molecule has 4 heteroatoms. The van der Waals surface area contributed by atoms with Crippen molar-refractivity contribution >= 4 is 23.2 Å². The first kappa shape index (κ1) is 14.2. The van der Waals surface area contributed by atoms with E-state index in [0.717, 1.165) is 12.8 Å². The molecule has 0 saturated heterocycles. The van der Waals surface area contributed by atoms with E-state index < -0.39 is 0 Å². The molecule has 2 atom stereocenters. The fraction of sp³-hybridized carbons (Fsp3) is 0.533. The predicted octanol–water partition coefficient (Wildman–Crippen LogP) is 3.57. The topological polar surface area (TPSA) is 46.3 Å². The van der Waals surface area contributed by atoms with Crippen molar-refractivity contribution in [2.24, 2.45) is 5.92 Å². The normalized spacial score (nSPS) is 23.1. The average molecular weight is 281 g/mol. The number of halogens is 1. The first-order valence-corrected chi connectivity index (χ1v) is 7.19. The van der Waals surface area contributed by atoms with Crippen LogP contribution in [0.4, 0.5) is 5.69 Å². The highest BCUT2D eigenvalue weighted by atomic mass is 35.5. The summed E-state index contributed by atoms with van der Waals surface area (Å²) < 4.78 is 0. The molecule has 0 spiro atoms. The van der Waals surface area contributed by atoms with Crippen LogP contribution in [0.2, 0.25) is 5.02 Å². The smallest absolute Gasteiger partial charge is 0.257 e. The van der Waals surface area contributed by atoms with Crippen molar-refractivity contribution in [2.45, 2.75) is 38.6 Å². The Morgan fingerprint density at radius 3 is 2.79 bits per heavy atom. The number of nitrogens with zero attached hydrogens (tertiary/aromatic N) is 1. The molecule has 1 saturated carbocycles. The molecule has 1 aromatic rings. The maximum absolute atomic E-state index is 12.6. The molecular weight excluding hydrogens is 260 g/mol. The van der Waals surface area contributed by atoms with E-state index >= 15 is 0 Å². The van der Waals surface area contributed by atoms with Gasteiger partial charge in [-0.3, -0.25) is 4.79 Å². The molecule has 1 aliphatic rings. The number of nitrogen functional groups attached to an aromatic ring is 1. The van der Waals surface area contributed by atoms with Crippen LogP contribution >= 0.6 is 11.6 Å². The van der Waals surface area contributed by atoms with Crippen molar-refractivity contribution in [3.05, 3.63) is 28.8 Å². The van der Waals surface area contributed by atoms with Crippen LogP contribution in [-0.2, 0) is 0 Å². The van der Waals surface area contributed by atoms with E-state index in [1.165, 1.54) is 12.8 Å². The largest absolute Gasteiger partial charge is 0.398 e. The zero-order chi connectivity index (χ0) is 14.0. The lowest BCUT2D eigenvalue weighted by Gasteiger charge is -2.34. The molecule has 1 aromatic carbocycles. The predicted molar refractivity (Wildman–Crippen MR) is 79.4 cm³/mol. The van der Waals surface area contributed by atoms with Crippen LogP contribution in [0.1, 0.15) is 43.0 Å². The minimum absolute atomic E-state index is 0.0674. The Bertz CT molecular complexity index is 455. The Hall–Kier alpha value is -1.22. The van der Waals surface area contributed by atoms with Gasteiger partial charge >= 0.3 is 0 Å². The monoisotopic (exact) mass is 280 g/mol. The number of benzene rings is 1. The number of nitrogens with two attached hydrogens (primary N) is 1. The van der Waals surface area contributed by atoms with Crippen molar-refractivity contribution in [3.63, 3.8) is 0 Å². The molecule has 1 aliphatic carbocycles. The Balaban J connectivity index is 2.19. The van der Waals surface area contributed by atoms with Gasteiger partial charge < -0.3 is 10.6 Å². The lowest BCUT2D eigenvalue weighted by atomic mass is 9.86. The number of rotatable bonds is 2. The second kappa shape index (κ2) is 5.83. The quantitative estimate of drug-likeness (QED) is 0.842. The molecular formula is C15H21ClN2O. The van der Waals surface area contributed by atoms with Crippen LogP contribution < -0.4 is 5.73 Å². The number of anilines is 1. The first-order valence-electron chi connectivity index (χ1n) is 6.82. The number of carbonyl (C=O) groups is 1. The number of hydrogen-bond donors (Lipinski definition) is 1. The van der Waals surface area contributed by atoms with Crippen molar-refractivity contribution in [3.8, 4) is 0 Å². The van der Waals surface area contributed by atoms with Gasteiger partial charge in [0.05, 0.1) is 10.6 Å². The van der Waals surface area contributed by atoms with E-state index in [1.54, 1.807) is 18.2 Å². The second-order valence-electron chi connectivity index (χ2n) is 5.55. The number of carbonyl (C=O) groups excluding carboxylic acids is 1. The van der Waals surface area contributed by atoms with Crippen molar-refractivity contribution in [1.82, 2.24) is 4.90 Å². The van der Waals surface area contributed by atoms with E-state index in [4.69, 9.17) is 17.3 Å². The number of hydrogen-bond acceptors (Lipinski definition) is 2. The van der Waals surface area contributed by atoms with Crippen LogP contribution in [0, 0.1) is 5.92 Å². The Labute approximate surface area is 119 Å². The third-order valence-electron chi connectivity index (χ3n) is 4.04. The van der Waals surface area contributed by atoms with Gasteiger partial charge in [0.2, 0.25) is 0 Å². The molecule has 2 unspecified atom stereocenters. The van der Waals surface area contributed by atoms with Gasteiger partial charge in [0.1, 0.15) is 0 Å². The van der Waals surface area contributed by atoms with E-state index in [1.807, 2.05) is 11.9 Å². The van der Waals surface area contributed by atoms with Gasteiger partial charge in [-0.25, -0.2) is 0 Å². The van der Waals surface area contributed by atoms with Crippen LogP contribution in [0.5, 0.6) is 0 Å².